The summed E-state index contributed by atoms with van der Waals surface area (Å²) in [7, 11) is 0. The summed E-state index contributed by atoms with van der Waals surface area (Å²) in [5.41, 5.74) is 0.331. The highest BCUT2D eigenvalue weighted by atomic mass is 35.5. The second kappa shape index (κ2) is 8.04. The molecular formula is C13H15Cl2NO3. The Morgan fingerprint density at radius 2 is 2.05 bits per heavy atom. The molecule has 0 heterocycles. The minimum atomic E-state index is -0.387. The van der Waals surface area contributed by atoms with E-state index < -0.39 is 0 Å². The zero-order chi connectivity index (χ0) is 14.3. The van der Waals surface area contributed by atoms with Crippen LogP contribution in [0.5, 0.6) is 5.75 Å². The minimum absolute atomic E-state index is 0.0391. The molecule has 0 spiro atoms. The highest BCUT2D eigenvalue weighted by molar-refractivity contribution is 6.55. The van der Waals surface area contributed by atoms with Gasteiger partial charge < -0.3 is 10.2 Å². The van der Waals surface area contributed by atoms with Crippen molar-refractivity contribution in [1.82, 2.24) is 5.32 Å². The summed E-state index contributed by atoms with van der Waals surface area (Å²) in [5.74, 6) is 0.279. The number of benzene rings is 1. The summed E-state index contributed by atoms with van der Waals surface area (Å²) in [5, 5.41) is 2.44. The number of hydrogen-bond acceptors (Lipinski definition) is 3. The molecule has 0 aliphatic rings. The van der Waals surface area contributed by atoms with Gasteiger partial charge in [0.25, 0.3) is 5.91 Å². The van der Waals surface area contributed by atoms with E-state index in [0.29, 0.717) is 23.8 Å². The van der Waals surface area contributed by atoms with E-state index in [1.807, 2.05) is 13.8 Å². The summed E-state index contributed by atoms with van der Waals surface area (Å²) in [6.07, 6.45) is 1.19. The van der Waals surface area contributed by atoms with E-state index in [1.54, 1.807) is 24.3 Å². The lowest BCUT2D eigenvalue weighted by Crippen LogP contribution is -2.18. The Hall–Kier alpha value is -1.23. The Labute approximate surface area is 122 Å². The maximum Gasteiger partial charge on any atom is 0.259 e. The molecule has 0 bridgehead atoms. The van der Waals surface area contributed by atoms with E-state index in [4.69, 9.17) is 33.0 Å². The molecule has 0 aliphatic carbocycles. The molecule has 1 N–H and O–H groups in total. The van der Waals surface area contributed by atoms with Gasteiger partial charge in [0.2, 0.25) is 0 Å². The third-order valence-electron chi connectivity index (χ3n) is 1.99. The molecule has 0 atom stereocenters. The maximum absolute atomic E-state index is 11.9. The molecule has 4 nitrogen and oxygen atoms in total. The number of amides is 1. The van der Waals surface area contributed by atoms with Crippen LogP contribution in [0.1, 0.15) is 24.2 Å². The van der Waals surface area contributed by atoms with Crippen molar-refractivity contribution in [3.63, 3.8) is 0 Å². The number of rotatable bonds is 6. The van der Waals surface area contributed by atoms with Crippen LogP contribution in [0.2, 0.25) is 0 Å². The van der Waals surface area contributed by atoms with Crippen molar-refractivity contribution >= 4 is 29.1 Å². The smallest absolute Gasteiger partial charge is 0.259 e. The normalized spacial score (nSPS) is 10.2. The van der Waals surface area contributed by atoms with Crippen LogP contribution in [0.3, 0.4) is 0 Å². The molecule has 0 radical (unpaired) electrons. The van der Waals surface area contributed by atoms with Gasteiger partial charge in [-0.3, -0.25) is 4.79 Å². The lowest BCUT2D eigenvalue weighted by molar-refractivity contribution is -0.214. The third kappa shape index (κ3) is 5.96. The number of para-hydroxylation sites is 1. The van der Waals surface area contributed by atoms with Gasteiger partial charge in [-0.1, -0.05) is 49.2 Å². The molecular weight excluding hydrogens is 289 g/mol. The Morgan fingerprint density at radius 3 is 2.68 bits per heavy atom. The fraction of sp³-hybridized carbons (Fsp3) is 0.308. The quantitative estimate of drug-likeness (QED) is 0.644. The van der Waals surface area contributed by atoms with Gasteiger partial charge in [0.1, 0.15) is 4.49 Å². The molecule has 0 aliphatic heterocycles. The molecule has 0 unspecified atom stereocenters. The first-order valence-corrected chi connectivity index (χ1v) is 6.47. The zero-order valence-electron chi connectivity index (χ0n) is 10.7. The summed E-state index contributed by atoms with van der Waals surface area (Å²) >= 11 is 10.8. The first-order chi connectivity index (χ1) is 9.00. The topological polar surface area (TPSA) is 47.6 Å². The number of carbonyl (C=O) groups is 1. The second-order valence-corrected chi connectivity index (χ2v) is 5.17. The van der Waals surface area contributed by atoms with Crippen molar-refractivity contribution in [3.8, 4) is 5.75 Å². The summed E-state index contributed by atoms with van der Waals surface area (Å²) in [6, 6.07) is 6.71. The van der Waals surface area contributed by atoms with Crippen LogP contribution in [0.25, 0.3) is 0 Å². The lowest BCUT2D eigenvalue weighted by atomic mass is 10.2. The van der Waals surface area contributed by atoms with Crippen LogP contribution < -0.4 is 10.2 Å². The monoisotopic (exact) mass is 303 g/mol. The van der Waals surface area contributed by atoms with Gasteiger partial charge in [0.15, 0.2) is 5.75 Å². The molecule has 19 heavy (non-hydrogen) atoms. The SMILES string of the molecule is CC(C)COOc1ccccc1C(=O)NC=C(Cl)Cl. The van der Waals surface area contributed by atoms with E-state index in [-0.39, 0.29) is 10.4 Å². The van der Waals surface area contributed by atoms with Gasteiger partial charge in [0.05, 0.1) is 12.2 Å². The van der Waals surface area contributed by atoms with Gasteiger partial charge in [-0.25, -0.2) is 0 Å². The number of halogens is 2. The summed E-state index contributed by atoms with van der Waals surface area (Å²) < 4.78 is -0.0391. The standard InChI is InChI=1S/C13H15Cl2NO3/c1-9(2)8-18-19-11-6-4-3-5-10(11)13(17)16-7-12(14)15/h3-7,9H,8H2,1-2H3,(H,16,17). The van der Waals surface area contributed by atoms with E-state index in [2.05, 4.69) is 5.32 Å². The first kappa shape index (κ1) is 15.8. The number of carbonyl (C=O) groups excluding carboxylic acids is 1. The average molecular weight is 304 g/mol. The molecule has 6 heteroatoms. The molecule has 0 saturated carbocycles. The highest BCUT2D eigenvalue weighted by Gasteiger charge is 2.12. The van der Waals surface area contributed by atoms with Crippen LogP contribution >= 0.6 is 23.2 Å². The van der Waals surface area contributed by atoms with Crippen LogP contribution in [-0.2, 0) is 4.89 Å². The van der Waals surface area contributed by atoms with Crippen LogP contribution in [0.4, 0.5) is 0 Å². The fourth-order valence-corrected chi connectivity index (χ4v) is 1.27. The van der Waals surface area contributed by atoms with Gasteiger partial charge >= 0.3 is 0 Å². The molecule has 1 aromatic carbocycles. The van der Waals surface area contributed by atoms with Gasteiger partial charge in [0, 0.05) is 6.20 Å². The average Bonchev–Trinajstić information content (AvgIpc) is 2.36. The maximum atomic E-state index is 11.9. The summed E-state index contributed by atoms with van der Waals surface area (Å²) in [6.45, 7) is 4.42. The Kier molecular flexibility index (Phi) is 6.70. The van der Waals surface area contributed by atoms with Crippen LogP contribution in [0.15, 0.2) is 35.0 Å². The van der Waals surface area contributed by atoms with Crippen molar-refractivity contribution in [3.05, 3.63) is 40.5 Å². The Morgan fingerprint density at radius 1 is 1.37 bits per heavy atom. The Bertz CT molecular complexity index is 457. The van der Waals surface area contributed by atoms with Crippen molar-refractivity contribution < 1.29 is 14.6 Å². The molecule has 1 amide bonds. The van der Waals surface area contributed by atoms with E-state index in [1.165, 1.54) is 6.20 Å². The van der Waals surface area contributed by atoms with Crippen LogP contribution in [-0.4, -0.2) is 12.5 Å². The first-order valence-electron chi connectivity index (χ1n) is 5.71. The molecule has 1 aromatic rings. The lowest BCUT2D eigenvalue weighted by Gasteiger charge is -2.10. The molecule has 0 aromatic heterocycles. The van der Waals surface area contributed by atoms with Gasteiger partial charge in [-0.2, -0.15) is 4.89 Å². The van der Waals surface area contributed by atoms with Crippen molar-refractivity contribution in [2.45, 2.75) is 13.8 Å². The predicted molar refractivity (Wildman–Crippen MR) is 75.1 cm³/mol. The molecule has 0 saturated heterocycles. The summed E-state index contributed by atoms with van der Waals surface area (Å²) in [4.78, 5) is 22.0. The van der Waals surface area contributed by atoms with Crippen molar-refractivity contribution in [1.29, 1.82) is 0 Å². The van der Waals surface area contributed by atoms with Crippen molar-refractivity contribution in [2.75, 3.05) is 6.61 Å². The van der Waals surface area contributed by atoms with Gasteiger partial charge in [-0.15, -0.1) is 0 Å². The minimum Gasteiger partial charge on any atom is -0.337 e. The zero-order valence-corrected chi connectivity index (χ0v) is 12.2. The van der Waals surface area contributed by atoms with Crippen LogP contribution in [0, 0.1) is 5.92 Å². The van der Waals surface area contributed by atoms with Gasteiger partial charge in [-0.05, 0) is 18.1 Å². The molecule has 104 valence electrons. The molecule has 1 rings (SSSR count). The largest absolute Gasteiger partial charge is 0.337 e. The number of nitrogens with one attached hydrogen (secondary N) is 1. The van der Waals surface area contributed by atoms with E-state index >= 15 is 0 Å². The third-order valence-corrected chi connectivity index (χ3v) is 2.21. The predicted octanol–water partition coefficient (Wildman–Crippen LogP) is 3.66. The molecule has 0 fully saturated rings. The van der Waals surface area contributed by atoms with E-state index in [9.17, 15) is 4.79 Å². The Balaban J connectivity index is 2.72. The van der Waals surface area contributed by atoms with E-state index in [0.717, 1.165) is 0 Å². The number of hydrogen-bond donors (Lipinski definition) is 1. The second-order valence-electron chi connectivity index (χ2n) is 4.17. The van der Waals surface area contributed by atoms with Crippen molar-refractivity contribution in [2.24, 2.45) is 5.92 Å². The fourth-order valence-electron chi connectivity index (χ4n) is 1.16. The highest BCUT2D eigenvalue weighted by Crippen LogP contribution is 2.18.